The fraction of sp³-hybridized carbons (Fsp3) is 0.421. The quantitative estimate of drug-likeness (QED) is 0.591. The number of hydrogen-bond donors (Lipinski definition) is 3. The van der Waals surface area contributed by atoms with Crippen LogP contribution in [0.15, 0.2) is 30.5 Å². The van der Waals surface area contributed by atoms with Crippen molar-refractivity contribution in [2.75, 3.05) is 29.6 Å². The zero-order valence-electron chi connectivity index (χ0n) is 15.9. The summed E-state index contributed by atoms with van der Waals surface area (Å²) in [5.41, 5.74) is 0.747. The standard InChI is InChI=1S/C19H24Cl2N6S/c1-27(2)17-9-10-22-18(26-17)23-13-4-6-14(7-5-13)24-19(28)25-16-8-3-12(20)11-15(16)21/h3,8-11,13-14H,4-7H2,1-2H3,(H,22,23,26)(H2,24,25,28). The van der Waals surface area contributed by atoms with Gasteiger partial charge in [-0.3, -0.25) is 0 Å². The zero-order chi connectivity index (χ0) is 20.1. The van der Waals surface area contributed by atoms with Crippen molar-refractivity contribution in [2.24, 2.45) is 0 Å². The van der Waals surface area contributed by atoms with E-state index >= 15 is 0 Å². The maximum absolute atomic E-state index is 6.19. The molecular weight excluding hydrogens is 415 g/mol. The maximum atomic E-state index is 6.19. The minimum absolute atomic E-state index is 0.332. The molecule has 0 unspecified atom stereocenters. The van der Waals surface area contributed by atoms with E-state index in [-0.39, 0.29) is 0 Å². The van der Waals surface area contributed by atoms with E-state index in [0.717, 1.165) is 37.2 Å². The fourth-order valence-electron chi connectivity index (χ4n) is 3.17. The largest absolute Gasteiger partial charge is 0.363 e. The Balaban J connectivity index is 1.46. The number of benzene rings is 1. The van der Waals surface area contributed by atoms with Gasteiger partial charge >= 0.3 is 0 Å². The van der Waals surface area contributed by atoms with Crippen LogP contribution in [0.5, 0.6) is 0 Å². The number of halogens is 2. The molecule has 3 rings (SSSR count). The van der Waals surface area contributed by atoms with Crippen LogP contribution in [-0.2, 0) is 0 Å². The Morgan fingerprint density at radius 3 is 2.50 bits per heavy atom. The molecule has 1 aliphatic rings. The molecule has 0 aliphatic heterocycles. The number of thiocarbonyl (C=S) groups is 1. The molecular formula is C19H24Cl2N6S. The molecule has 0 bridgehead atoms. The van der Waals surface area contributed by atoms with Crippen LogP contribution in [0.2, 0.25) is 10.0 Å². The normalized spacial score (nSPS) is 19.0. The van der Waals surface area contributed by atoms with E-state index in [1.165, 1.54) is 0 Å². The maximum Gasteiger partial charge on any atom is 0.224 e. The summed E-state index contributed by atoms with van der Waals surface area (Å²) in [6.45, 7) is 0. The van der Waals surface area contributed by atoms with Crippen molar-refractivity contribution in [1.82, 2.24) is 15.3 Å². The predicted molar refractivity (Wildman–Crippen MR) is 122 cm³/mol. The lowest BCUT2D eigenvalue weighted by Crippen LogP contribution is -2.42. The fourth-order valence-corrected chi connectivity index (χ4v) is 3.90. The summed E-state index contributed by atoms with van der Waals surface area (Å²) >= 11 is 17.5. The van der Waals surface area contributed by atoms with Crippen LogP contribution < -0.4 is 20.9 Å². The smallest absolute Gasteiger partial charge is 0.224 e. The van der Waals surface area contributed by atoms with Gasteiger partial charge < -0.3 is 20.9 Å². The summed E-state index contributed by atoms with van der Waals surface area (Å²) in [6, 6.07) is 7.88. The molecule has 0 saturated heterocycles. The molecule has 0 amide bonds. The topological polar surface area (TPSA) is 65.1 Å². The van der Waals surface area contributed by atoms with Gasteiger partial charge in [-0.1, -0.05) is 23.2 Å². The molecule has 150 valence electrons. The number of hydrogen-bond acceptors (Lipinski definition) is 5. The van der Waals surface area contributed by atoms with Gasteiger partial charge in [0.1, 0.15) is 5.82 Å². The summed E-state index contributed by atoms with van der Waals surface area (Å²) in [7, 11) is 3.94. The van der Waals surface area contributed by atoms with Crippen molar-refractivity contribution in [2.45, 2.75) is 37.8 Å². The van der Waals surface area contributed by atoms with Crippen LogP contribution in [0.3, 0.4) is 0 Å². The second kappa shape index (κ2) is 9.58. The zero-order valence-corrected chi connectivity index (χ0v) is 18.2. The second-order valence-electron chi connectivity index (χ2n) is 7.05. The van der Waals surface area contributed by atoms with Gasteiger partial charge in [0, 0.05) is 37.4 Å². The number of rotatable bonds is 5. The molecule has 6 nitrogen and oxygen atoms in total. The van der Waals surface area contributed by atoms with E-state index in [2.05, 4.69) is 25.9 Å². The molecule has 0 radical (unpaired) electrons. The molecule has 2 aromatic rings. The Hall–Kier alpha value is -1.83. The summed E-state index contributed by atoms with van der Waals surface area (Å²) in [5.74, 6) is 1.57. The highest BCUT2D eigenvalue weighted by molar-refractivity contribution is 7.80. The van der Waals surface area contributed by atoms with Crippen LogP contribution in [0, 0.1) is 0 Å². The van der Waals surface area contributed by atoms with Gasteiger partial charge in [-0.05, 0) is 62.2 Å². The minimum Gasteiger partial charge on any atom is -0.363 e. The molecule has 0 spiro atoms. The third kappa shape index (κ3) is 5.83. The molecule has 1 saturated carbocycles. The van der Waals surface area contributed by atoms with Crippen molar-refractivity contribution in [3.8, 4) is 0 Å². The molecule has 1 aromatic carbocycles. The highest BCUT2D eigenvalue weighted by Gasteiger charge is 2.22. The summed E-state index contributed by atoms with van der Waals surface area (Å²) < 4.78 is 0. The molecule has 1 fully saturated rings. The average Bonchev–Trinajstić information content (AvgIpc) is 2.66. The van der Waals surface area contributed by atoms with E-state index in [9.17, 15) is 0 Å². The highest BCUT2D eigenvalue weighted by atomic mass is 35.5. The Morgan fingerprint density at radius 1 is 1.11 bits per heavy atom. The summed E-state index contributed by atoms with van der Waals surface area (Å²) in [4.78, 5) is 10.8. The first kappa shape index (κ1) is 20.9. The molecule has 9 heteroatoms. The predicted octanol–water partition coefficient (Wildman–Crippen LogP) is 4.56. The Labute approximate surface area is 181 Å². The molecule has 1 heterocycles. The Morgan fingerprint density at radius 2 is 1.82 bits per heavy atom. The van der Waals surface area contributed by atoms with Crippen LogP contribution >= 0.6 is 35.4 Å². The van der Waals surface area contributed by atoms with Gasteiger partial charge in [0.25, 0.3) is 0 Å². The summed E-state index contributed by atoms with van der Waals surface area (Å²) in [5, 5.41) is 11.7. The lowest BCUT2D eigenvalue weighted by molar-refractivity contribution is 0.387. The van der Waals surface area contributed by atoms with Gasteiger partial charge in [-0.15, -0.1) is 0 Å². The monoisotopic (exact) mass is 438 g/mol. The molecule has 0 atom stereocenters. The number of aromatic nitrogens is 2. The van der Waals surface area contributed by atoms with Gasteiger partial charge in [-0.2, -0.15) is 4.98 Å². The second-order valence-corrected chi connectivity index (χ2v) is 8.30. The number of nitrogens with zero attached hydrogens (tertiary/aromatic N) is 3. The van der Waals surface area contributed by atoms with Crippen molar-refractivity contribution in [3.63, 3.8) is 0 Å². The third-order valence-corrected chi connectivity index (χ3v) is 5.44. The van der Waals surface area contributed by atoms with E-state index in [4.69, 9.17) is 35.4 Å². The number of anilines is 3. The van der Waals surface area contributed by atoms with Crippen molar-refractivity contribution in [3.05, 3.63) is 40.5 Å². The van der Waals surface area contributed by atoms with Gasteiger partial charge in [-0.25, -0.2) is 4.98 Å². The highest BCUT2D eigenvalue weighted by Crippen LogP contribution is 2.26. The van der Waals surface area contributed by atoms with Crippen LogP contribution in [0.25, 0.3) is 0 Å². The minimum atomic E-state index is 0.332. The van der Waals surface area contributed by atoms with Crippen molar-refractivity contribution < 1.29 is 0 Å². The molecule has 1 aliphatic carbocycles. The molecule has 1 aromatic heterocycles. The molecule has 3 N–H and O–H groups in total. The average molecular weight is 439 g/mol. The SMILES string of the molecule is CN(C)c1ccnc(NC2CCC(NC(=S)Nc3ccc(Cl)cc3Cl)CC2)n1. The van der Waals surface area contributed by atoms with Gasteiger partial charge in [0.05, 0.1) is 10.7 Å². The first-order valence-corrected chi connectivity index (χ1v) is 10.4. The first-order valence-electron chi connectivity index (χ1n) is 9.20. The van der Waals surface area contributed by atoms with Crippen LogP contribution in [0.4, 0.5) is 17.5 Å². The lowest BCUT2D eigenvalue weighted by atomic mass is 9.91. The van der Waals surface area contributed by atoms with Gasteiger partial charge in [0.15, 0.2) is 5.11 Å². The van der Waals surface area contributed by atoms with Crippen molar-refractivity contribution in [1.29, 1.82) is 0 Å². The van der Waals surface area contributed by atoms with Crippen LogP contribution in [-0.4, -0.2) is 41.3 Å². The van der Waals surface area contributed by atoms with E-state index in [1.807, 2.05) is 31.1 Å². The third-order valence-electron chi connectivity index (χ3n) is 4.67. The molecule has 28 heavy (non-hydrogen) atoms. The lowest BCUT2D eigenvalue weighted by Gasteiger charge is -2.30. The van der Waals surface area contributed by atoms with E-state index < -0.39 is 0 Å². The summed E-state index contributed by atoms with van der Waals surface area (Å²) in [6.07, 6.45) is 5.86. The number of nitrogens with one attached hydrogen (secondary N) is 3. The first-order chi connectivity index (χ1) is 13.4. The van der Waals surface area contributed by atoms with Crippen LogP contribution in [0.1, 0.15) is 25.7 Å². The van der Waals surface area contributed by atoms with Gasteiger partial charge in [0.2, 0.25) is 5.95 Å². The Kier molecular flexibility index (Phi) is 7.15. The Bertz CT molecular complexity index is 824. The van der Waals surface area contributed by atoms with E-state index in [0.29, 0.717) is 33.2 Å². The van der Waals surface area contributed by atoms with Crippen molar-refractivity contribution >= 4 is 58.0 Å². The van der Waals surface area contributed by atoms with E-state index in [1.54, 1.807) is 18.3 Å².